The summed E-state index contributed by atoms with van der Waals surface area (Å²) < 4.78 is 5.25. The van der Waals surface area contributed by atoms with Crippen LogP contribution < -0.4 is 11.5 Å². The number of furan rings is 1. The van der Waals surface area contributed by atoms with Crippen molar-refractivity contribution in [1.82, 2.24) is 0 Å². The Balaban J connectivity index is 2.52. The van der Waals surface area contributed by atoms with Crippen molar-refractivity contribution in [1.29, 1.82) is 0 Å². The highest BCUT2D eigenvalue weighted by Gasteiger charge is 2.07. The van der Waals surface area contributed by atoms with Gasteiger partial charge in [0.05, 0.1) is 0 Å². The third kappa shape index (κ3) is 1.69. The van der Waals surface area contributed by atoms with Crippen molar-refractivity contribution in [3.8, 4) is 11.3 Å². The normalized spacial score (nSPS) is 10.1. The predicted octanol–water partition coefficient (Wildman–Crippen LogP) is 1.92. The molecule has 2 rings (SSSR count). The van der Waals surface area contributed by atoms with Crippen molar-refractivity contribution in [2.24, 2.45) is 0 Å². The van der Waals surface area contributed by atoms with Crippen LogP contribution in [0.25, 0.3) is 11.3 Å². The maximum absolute atomic E-state index is 10.5. The van der Waals surface area contributed by atoms with E-state index < -0.39 is 0 Å². The fourth-order valence-corrected chi connectivity index (χ4v) is 1.35. The number of nitrogens with two attached hydrogens (primary N) is 2. The zero-order valence-electron chi connectivity index (χ0n) is 7.94. The second kappa shape index (κ2) is 3.49. The molecule has 4 heteroatoms. The zero-order valence-corrected chi connectivity index (χ0v) is 7.94. The van der Waals surface area contributed by atoms with Crippen molar-refractivity contribution in [2.75, 3.05) is 11.5 Å². The molecule has 0 amide bonds. The lowest BCUT2D eigenvalue weighted by atomic mass is 10.1. The van der Waals surface area contributed by atoms with Gasteiger partial charge in [0.2, 0.25) is 0 Å². The van der Waals surface area contributed by atoms with Gasteiger partial charge in [-0.2, -0.15) is 0 Å². The number of hydrogen-bond donors (Lipinski definition) is 2. The third-order valence-corrected chi connectivity index (χ3v) is 2.09. The van der Waals surface area contributed by atoms with Gasteiger partial charge in [-0.25, -0.2) is 0 Å². The number of aldehydes is 1. The number of rotatable bonds is 2. The third-order valence-electron chi connectivity index (χ3n) is 2.09. The smallest absolute Gasteiger partial charge is 0.185 e. The van der Waals surface area contributed by atoms with Crippen LogP contribution in [0.3, 0.4) is 0 Å². The van der Waals surface area contributed by atoms with Gasteiger partial charge in [-0.05, 0) is 30.3 Å². The SMILES string of the molecule is Nc1ccc(N)c(-c2ccc(C=O)o2)c1. The van der Waals surface area contributed by atoms with Crippen LogP contribution in [0.4, 0.5) is 11.4 Å². The quantitative estimate of drug-likeness (QED) is 0.575. The molecule has 4 N–H and O–H groups in total. The molecule has 1 heterocycles. The maximum Gasteiger partial charge on any atom is 0.185 e. The average Bonchev–Trinajstić information content (AvgIpc) is 2.70. The minimum Gasteiger partial charge on any atom is -0.453 e. The van der Waals surface area contributed by atoms with Crippen molar-refractivity contribution < 1.29 is 9.21 Å². The van der Waals surface area contributed by atoms with Crippen LogP contribution in [0, 0.1) is 0 Å². The van der Waals surface area contributed by atoms with Crippen LogP contribution in [0.15, 0.2) is 34.7 Å². The summed E-state index contributed by atoms with van der Waals surface area (Å²) in [4.78, 5) is 10.5. The molecule has 0 saturated carbocycles. The molecule has 0 aliphatic carbocycles. The molecule has 0 unspecified atom stereocenters. The molecule has 76 valence electrons. The van der Waals surface area contributed by atoms with Crippen molar-refractivity contribution in [2.45, 2.75) is 0 Å². The molecule has 2 aromatic rings. The average molecular weight is 202 g/mol. The molecule has 0 spiro atoms. The van der Waals surface area contributed by atoms with E-state index in [0.717, 1.165) is 0 Å². The number of benzene rings is 1. The fourth-order valence-electron chi connectivity index (χ4n) is 1.35. The molecule has 4 nitrogen and oxygen atoms in total. The molecule has 0 aliphatic rings. The lowest BCUT2D eigenvalue weighted by Gasteiger charge is -2.03. The summed E-state index contributed by atoms with van der Waals surface area (Å²) in [5, 5.41) is 0. The van der Waals surface area contributed by atoms with E-state index in [9.17, 15) is 4.79 Å². The molecule has 1 aromatic heterocycles. The highest BCUT2D eigenvalue weighted by atomic mass is 16.3. The van der Waals surface area contributed by atoms with E-state index in [0.29, 0.717) is 29.0 Å². The summed E-state index contributed by atoms with van der Waals surface area (Å²) in [6.07, 6.45) is 0.645. The van der Waals surface area contributed by atoms with Crippen LogP contribution >= 0.6 is 0 Å². The summed E-state index contributed by atoms with van der Waals surface area (Å²) in [5.74, 6) is 0.814. The molecule has 0 radical (unpaired) electrons. The van der Waals surface area contributed by atoms with E-state index in [1.807, 2.05) is 0 Å². The van der Waals surface area contributed by atoms with E-state index in [-0.39, 0.29) is 5.76 Å². The van der Waals surface area contributed by atoms with Gasteiger partial charge in [0.15, 0.2) is 12.0 Å². The van der Waals surface area contributed by atoms with E-state index in [4.69, 9.17) is 15.9 Å². The predicted molar refractivity (Wildman–Crippen MR) is 58.4 cm³/mol. The molecule has 0 fully saturated rings. The van der Waals surface area contributed by atoms with Crippen LogP contribution in [-0.2, 0) is 0 Å². The molecule has 15 heavy (non-hydrogen) atoms. The number of anilines is 2. The number of hydrogen-bond acceptors (Lipinski definition) is 4. The van der Waals surface area contributed by atoms with Gasteiger partial charge in [-0.3, -0.25) is 4.79 Å². The minimum atomic E-state index is 0.270. The number of carbonyl (C=O) groups is 1. The van der Waals surface area contributed by atoms with Crippen molar-refractivity contribution in [3.63, 3.8) is 0 Å². The van der Waals surface area contributed by atoms with Gasteiger partial charge in [0, 0.05) is 16.9 Å². The summed E-state index contributed by atoms with van der Waals surface area (Å²) in [7, 11) is 0. The minimum absolute atomic E-state index is 0.270. The fraction of sp³-hybridized carbons (Fsp3) is 0. The largest absolute Gasteiger partial charge is 0.453 e. The summed E-state index contributed by atoms with van der Waals surface area (Å²) in [6, 6.07) is 8.40. The van der Waals surface area contributed by atoms with E-state index in [1.165, 1.54) is 0 Å². The van der Waals surface area contributed by atoms with E-state index >= 15 is 0 Å². The van der Waals surface area contributed by atoms with Crippen molar-refractivity contribution >= 4 is 17.7 Å². The first-order valence-corrected chi connectivity index (χ1v) is 4.41. The maximum atomic E-state index is 10.5. The summed E-state index contributed by atoms with van der Waals surface area (Å²) in [5.41, 5.74) is 13.3. The second-order valence-electron chi connectivity index (χ2n) is 3.17. The Kier molecular flexibility index (Phi) is 2.17. The van der Waals surface area contributed by atoms with E-state index in [2.05, 4.69) is 0 Å². The first-order valence-electron chi connectivity index (χ1n) is 4.41. The van der Waals surface area contributed by atoms with Gasteiger partial charge in [-0.1, -0.05) is 0 Å². The Morgan fingerprint density at radius 3 is 2.60 bits per heavy atom. The van der Waals surface area contributed by atoms with Gasteiger partial charge in [0.1, 0.15) is 5.76 Å². The number of nitrogen functional groups attached to an aromatic ring is 2. The molecule has 0 bridgehead atoms. The van der Waals surface area contributed by atoms with Crippen LogP contribution in [0.5, 0.6) is 0 Å². The molecular formula is C11H10N2O2. The number of carbonyl (C=O) groups excluding carboxylic acids is 1. The molecule has 0 saturated heterocycles. The Morgan fingerprint density at radius 2 is 1.93 bits per heavy atom. The molecule has 1 aromatic carbocycles. The van der Waals surface area contributed by atoms with Crippen LogP contribution in [0.2, 0.25) is 0 Å². The first-order chi connectivity index (χ1) is 7.20. The highest BCUT2D eigenvalue weighted by molar-refractivity contribution is 5.78. The summed E-state index contributed by atoms with van der Waals surface area (Å²) >= 11 is 0. The van der Waals surface area contributed by atoms with Crippen LogP contribution in [-0.4, -0.2) is 6.29 Å². The zero-order chi connectivity index (χ0) is 10.8. The van der Waals surface area contributed by atoms with Gasteiger partial charge in [0.25, 0.3) is 0 Å². The van der Waals surface area contributed by atoms with Gasteiger partial charge in [-0.15, -0.1) is 0 Å². The molecular weight excluding hydrogens is 192 g/mol. The topological polar surface area (TPSA) is 82.2 Å². The highest BCUT2D eigenvalue weighted by Crippen LogP contribution is 2.28. The molecule has 0 aliphatic heterocycles. The Hall–Kier alpha value is -2.23. The monoisotopic (exact) mass is 202 g/mol. The van der Waals surface area contributed by atoms with Crippen molar-refractivity contribution in [3.05, 3.63) is 36.1 Å². The van der Waals surface area contributed by atoms with Gasteiger partial charge >= 0.3 is 0 Å². The standard InChI is InChI=1S/C11H10N2O2/c12-7-1-3-10(13)9(5-7)11-4-2-8(6-14)15-11/h1-6H,12-13H2. The first kappa shape index (κ1) is 9.33. The van der Waals surface area contributed by atoms with E-state index in [1.54, 1.807) is 30.3 Å². The second-order valence-corrected chi connectivity index (χ2v) is 3.17. The Labute approximate surface area is 86.5 Å². The van der Waals surface area contributed by atoms with Gasteiger partial charge < -0.3 is 15.9 Å². The lowest BCUT2D eigenvalue weighted by Crippen LogP contribution is -1.91. The molecule has 0 atom stereocenters. The lowest BCUT2D eigenvalue weighted by molar-refractivity contribution is 0.110. The Morgan fingerprint density at radius 1 is 1.13 bits per heavy atom. The Bertz CT molecular complexity index is 503. The summed E-state index contributed by atoms with van der Waals surface area (Å²) in [6.45, 7) is 0. The van der Waals surface area contributed by atoms with Crippen LogP contribution in [0.1, 0.15) is 10.6 Å².